The van der Waals surface area contributed by atoms with Crippen LogP contribution in [0.5, 0.6) is 0 Å². The van der Waals surface area contributed by atoms with Crippen LogP contribution in [0.1, 0.15) is 11.1 Å². The molecule has 0 fully saturated rings. The molecule has 0 spiro atoms. The van der Waals surface area contributed by atoms with Crippen molar-refractivity contribution >= 4 is 18.4 Å². The lowest BCUT2D eigenvalue weighted by Gasteiger charge is -2.19. The van der Waals surface area contributed by atoms with Crippen molar-refractivity contribution in [2.45, 2.75) is 25.4 Å². The third-order valence-electron chi connectivity index (χ3n) is 4.33. The second-order valence-electron chi connectivity index (χ2n) is 6.14. The molecule has 0 aromatic heterocycles. The number of hydrogen-bond donors (Lipinski definition) is 0. The van der Waals surface area contributed by atoms with E-state index in [2.05, 4.69) is 0 Å². The van der Waals surface area contributed by atoms with E-state index in [0.29, 0.717) is 0 Å². The highest BCUT2D eigenvalue weighted by Crippen LogP contribution is 2.37. The maximum Gasteiger partial charge on any atom is 0.416 e. The first-order valence-corrected chi connectivity index (χ1v) is 9.86. The molecule has 1 aliphatic heterocycles. The number of rotatable bonds is 0. The molecule has 7 heteroatoms. The molecule has 0 nitrogen and oxygen atoms in total. The summed E-state index contributed by atoms with van der Waals surface area (Å²) >= 11 is 0. The van der Waals surface area contributed by atoms with E-state index in [9.17, 15) is 26.3 Å². The molecule has 0 saturated heterocycles. The van der Waals surface area contributed by atoms with E-state index in [1.54, 1.807) is 0 Å². The van der Waals surface area contributed by atoms with Crippen LogP contribution in [0, 0.1) is 0 Å². The Hall–Kier alpha value is -1.76. The summed E-state index contributed by atoms with van der Waals surface area (Å²) in [5.41, 5.74) is -1.13. The van der Waals surface area contributed by atoms with Gasteiger partial charge < -0.3 is 0 Å². The summed E-state index contributed by atoms with van der Waals surface area (Å²) in [5, 5.41) is 1.47. The van der Waals surface area contributed by atoms with Gasteiger partial charge >= 0.3 is 12.4 Å². The maximum absolute atomic E-state index is 12.9. The van der Waals surface area contributed by atoms with Gasteiger partial charge in [-0.3, -0.25) is 0 Å². The molecule has 0 aliphatic carbocycles. The first-order chi connectivity index (χ1) is 10.4. The summed E-state index contributed by atoms with van der Waals surface area (Å²) in [5.74, 6) is 0. The summed E-state index contributed by atoms with van der Waals surface area (Å²) < 4.78 is 77.5. The van der Waals surface area contributed by atoms with Gasteiger partial charge in [0.15, 0.2) is 0 Å². The van der Waals surface area contributed by atoms with Crippen molar-refractivity contribution in [1.29, 1.82) is 0 Å². The minimum atomic E-state index is -4.52. The van der Waals surface area contributed by atoms with Crippen molar-refractivity contribution in [1.82, 2.24) is 0 Å². The molecule has 1 aliphatic rings. The fourth-order valence-corrected chi connectivity index (χ4v) is 6.17. The molecule has 0 atom stereocenters. The smallest absolute Gasteiger partial charge is 0.166 e. The van der Waals surface area contributed by atoms with Crippen molar-refractivity contribution in [3.63, 3.8) is 0 Å². The Balaban J connectivity index is 2.28. The molecule has 0 amide bonds. The summed E-state index contributed by atoms with van der Waals surface area (Å²) in [7, 11) is -2.28. The Morgan fingerprint density at radius 1 is 0.652 bits per heavy atom. The Bertz CT molecular complexity index is 721. The number of halogens is 6. The molecule has 2 aromatic rings. The zero-order valence-electron chi connectivity index (χ0n) is 12.2. The Labute approximate surface area is 129 Å². The van der Waals surface area contributed by atoms with Crippen LogP contribution in [-0.2, 0) is 12.4 Å². The number of benzene rings is 2. The van der Waals surface area contributed by atoms with Gasteiger partial charge in [0, 0.05) is 0 Å². The summed E-state index contributed by atoms with van der Waals surface area (Å²) in [6.07, 6.45) is -9.05. The summed E-state index contributed by atoms with van der Waals surface area (Å²) in [6, 6.07) is 6.77. The zero-order chi connectivity index (χ0) is 17.2. The van der Waals surface area contributed by atoms with E-state index in [1.807, 2.05) is 13.1 Å². The third-order valence-corrected chi connectivity index (χ3v) is 7.90. The largest absolute Gasteiger partial charge is 0.416 e. The SMILES string of the molecule is C[Si]1(C)c2ccc(C(F)(F)F)cc2-c2cc(C(F)(F)F)ccc21. The molecule has 1 heterocycles. The highest BCUT2D eigenvalue weighted by molar-refractivity contribution is 7.03. The van der Waals surface area contributed by atoms with Gasteiger partial charge in [-0.2, -0.15) is 26.3 Å². The lowest BCUT2D eigenvalue weighted by molar-refractivity contribution is -0.138. The van der Waals surface area contributed by atoms with Crippen molar-refractivity contribution in [3.8, 4) is 11.1 Å². The minimum absolute atomic E-state index is 0.276. The van der Waals surface area contributed by atoms with E-state index in [1.165, 1.54) is 12.1 Å². The highest BCUT2D eigenvalue weighted by atomic mass is 28.3. The third kappa shape index (κ3) is 2.47. The normalized spacial score (nSPS) is 16.2. The second-order valence-corrected chi connectivity index (χ2v) is 10.5. The zero-order valence-corrected chi connectivity index (χ0v) is 13.2. The second kappa shape index (κ2) is 4.63. The lowest BCUT2D eigenvalue weighted by atomic mass is 10.0. The number of hydrogen-bond acceptors (Lipinski definition) is 0. The van der Waals surface area contributed by atoms with Crippen molar-refractivity contribution < 1.29 is 26.3 Å². The van der Waals surface area contributed by atoms with E-state index >= 15 is 0 Å². The fourth-order valence-electron chi connectivity index (χ4n) is 3.12. The summed E-state index contributed by atoms with van der Waals surface area (Å²) in [6.45, 7) is 3.86. The van der Waals surface area contributed by atoms with Crippen LogP contribution in [-0.4, -0.2) is 8.07 Å². The van der Waals surface area contributed by atoms with Crippen LogP contribution >= 0.6 is 0 Å². The lowest BCUT2D eigenvalue weighted by Crippen LogP contribution is -2.49. The molecule has 0 bridgehead atoms. The molecule has 0 radical (unpaired) electrons. The van der Waals surface area contributed by atoms with Crippen LogP contribution < -0.4 is 10.4 Å². The van der Waals surface area contributed by atoms with E-state index in [0.717, 1.165) is 34.6 Å². The summed E-state index contributed by atoms with van der Waals surface area (Å²) in [4.78, 5) is 0. The first kappa shape index (κ1) is 16.1. The molecule has 0 N–H and O–H groups in total. The Morgan fingerprint density at radius 3 is 1.30 bits per heavy atom. The minimum Gasteiger partial charge on any atom is -0.166 e. The van der Waals surface area contributed by atoms with E-state index < -0.39 is 31.6 Å². The molecule has 0 saturated carbocycles. The first-order valence-electron chi connectivity index (χ1n) is 6.86. The number of fused-ring (bicyclic) bond motifs is 3. The van der Waals surface area contributed by atoms with Crippen LogP contribution in [0.15, 0.2) is 36.4 Å². The van der Waals surface area contributed by atoms with Crippen LogP contribution in [0.3, 0.4) is 0 Å². The highest BCUT2D eigenvalue weighted by Gasteiger charge is 2.41. The molecule has 3 rings (SSSR count). The van der Waals surface area contributed by atoms with Crippen molar-refractivity contribution in [2.75, 3.05) is 0 Å². The predicted octanol–water partition coefficient (Wildman–Crippen LogP) is 4.53. The molecule has 122 valence electrons. The monoisotopic (exact) mass is 346 g/mol. The van der Waals surface area contributed by atoms with Crippen molar-refractivity contribution in [2.24, 2.45) is 0 Å². The molecule has 2 aromatic carbocycles. The standard InChI is InChI=1S/C16H12F6Si/c1-23(2)13-5-3-9(15(17,18)19)7-11(13)12-8-10(16(20,21)22)4-6-14(12)23/h3-8H,1-2H3. The van der Waals surface area contributed by atoms with Gasteiger partial charge in [0.2, 0.25) is 0 Å². The Kier molecular flexibility index (Phi) is 3.24. The van der Waals surface area contributed by atoms with E-state index in [-0.39, 0.29) is 11.1 Å². The van der Waals surface area contributed by atoms with Gasteiger partial charge in [0.25, 0.3) is 0 Å². The van der Waals surface area contributed by atoms with Crippen molar-refractivity contribution in [3.05, 3.63) is 47.5 Å². The molecule has 23 heavy (non-hydrogen) atoms. The average Bonchev–Trinajstić information content (AvgIpc) is 2.65. The average molecular weight is 346 g/mol. The number of alkyl halides is 6. The Morgan fingerprint density at radius 2 is 1.00 bits per heavy atom. The fraction of sp³-hybridized carbons (Fsp3) is 0.250. The van der Waals surface area contributed by atoms with Crippen LogP contribution in [0.4, 0.5) is 26.3 Å². The van der Waals surface area contributed by atoms with Gasteiger partial charge in [-0.05, 0) is 33.6 Å². The van der Waals surface area contributed by atoms with Gasteiger partial charge in [-0.1, -0.05) is 37.4 Å². The molecule has 0 unspecified atom stereocenters. The van der Waals surface area contributed by atoms with Gasteiger partial charge in [0.05, 0.1) is 11.1 Å². The van der Waals surface area contributed by atoms with E-state index in [4.69, 9.17) is 0 Å². The quantitative estimate of drug-likeness (QED) is 0.486. The topological polar surface area (TPSA) is 0 Å². The van der Waals surface area contributed by atoms with Crippen LogP contribution in [0.25, 0.3) is 11.1 Å². The van der Waals surface area contributed by atoms with Gasteiger partial charge in [-0.15, -0.1) is 0 Å². The van der Waals surface area contributed by atoms with Crippen LogP contribution in [0.2, 0.25) is 13.1 Å². The molecular weight excluding hydrogens is 334 g/mol. The van der Waals surface area contributed by atoms with Gasteiger partial charge in [-0.25, -0.2) is 0 Å². The maximum atomic E-state index is 12.9. The predicted molar refractivity (Wildman–Crippen MR) is 78.6 cm³/mol. The molecular formula is C16H12F6Si. The van der Waals surface area contributed by atoms with Gasteiger partial charge in [0.1, 0.15) is 8.07 Å².